The Hall–Kier alpha value is -1.34. The van der Waals surface area contributed by atoms with Crippen molar-refractivity contribution in [2.24, 2.45) is 0 Å². The van der Waals surface area contributed by atoms with Crippen LogP contribution in [0.3, 0.4) is 0 Å². The highest BCUT2D eigenvalue weighted by Crippen LogP contribution is 2.34. The standard InChI is InChI=1S/C12H16N4/c1-15-6-5-11-10(8-15)12(7-13)16(14-11)9-3-2-4-9/h9H,2-6,8H2,1H3. The summed E-state index contributed by atoms with van der Waals surface area (Å²) in [4.78, 5) is 2.26. The van der Waals surface area contributed by atoms with E-state index < -0.39 is 0 Å². The van der Waals surface area contributed by atoms with Crippen LogP contribution in [-0.4, -0.2) is 28.3 Å². The molecule has 0 saturated heterocycles. The molecule has 0 bridgehead atoms. The van der Waals surface area contributed by atoms with Crippen LogP contribution in [0.15, 0.2) is 0 Å². The maximum absolute atomic E-state index is 9.29. The van der Waals surface area contributed by atoms with Crippen LogP contribution in [-0.2, 0) is 13.0 Å². The molecule has 4 heteroatoms. The maximum Gasteiger partial charge on any atom is 0.143 e. The average molecular weight is 216 g/mol. The first-order valence-electron chi connectivity index (χ1n) is 5.98. The van der Waals surface area contributed by atoms with E-state index in [1.165, 1.54) is 24.8 Å². The van der Waals surface area contributed by atoms with E-state index in [2.05, 4.69) is 23.1 Å². The van der Waals surface area contributed by atoms with Gasteiger partial charge >= 0.3 is 0 Å². The summed E-state index contributed by atoms with van der Waals surface area (Å²) in [5, 5.41) is 13.9. The lowest BCUT2D eigenvalue weighted by atomic mass is 9.93. The molecule has 1 fully saturated rings. The number of nitriles is 1. The number of fused-ring (bicyclic) bond motifs is 1. The van der Waals surface area contributed by atoms with E-state index in [1.807, 2.05) is 4.68 Å². The van der Waals surface area contributed by atoms with Gasteiger partial charge in [0.25, 0.3) is 0 Å². The molecule has 84 valence electrons. The van der Waals surface area contributed by atoms with Gasteiger partial charge < -0.3 is 4.90 Å². The predicted octanol–water partition coefficient (Wildman–Crippen LogP) is 1.47. The highest BCUT2D eigenvalue weighted by molar-refractivity contribution is 5.37. The Labute approximate surface area is 95.5 Å². The molecule has 0 spiro atoms. The normalized spacial score (nSPS) is 21.2. The number of aromatic nitrogens is 2. The van der Waals surface area contributed by atoms with Gasteiger partial charge in [0, 0.05) is 25.1 Å². The molecular formula is C12H16N4. The molecule has 0 aromatic carbocycles. The first-order valence-corrected chi connectivity index (χ1v) is 5.98. The second-order valence-corrected chi connectivity index (χ2v) is 4.90. The molecule has 1 aliphatic carbocycles. The van der Waals surface area contributed by atoms with Crippen molar-refractivity contribution in [1.82, 2.24) is 14.7 Å². The van der Waals surface area contributed by atoms with Crippen LogP contribution in [0.2, 0.25) is 0 Å². The van der Waals surface area contributed by atoms with Crippen molar-refractivity contribution < 1.29 is 0 Å². The van der Waals surface area contributed by atoms with Crippen LogP contribution in [0.25, 0.3) is 0 Å². The summed E-state index contributed by atoms with van der Waals surface area (Å²) >= 11 is 0. The summed E-state index contributed by atoms with van der Waals surface area (Å²) in [5.41, 5.74) is 3.14. The highest BCUT2D eigenvalue weighted by atomic mass is 15.3. The lowest BCUT2D eigenvalue weighted by Crippen LogP contribution is -2.26. The van der Waals surface area contributed by atoms with Gasteiger partial charge in [-0.3, -0.25) is 4.68 Å². The molecule has 0 atom stereocenters. The van der Waals surface area contributed by atoms with Gasteiger partial charge in [0.1, 0.15) is 11.8 Å². The lowest BCUT2D eigenvalue weighted by molar-refractivity contribution is 0.286. The molecule has 2 aliphatic rings. The molecule has 4 nitrogen and oxygen atoms in total. The number of likely N-dealkylation sites (N-methyl/N-ethyl adjacent to an activating group) is 1. The second kappa shape index (κ2) is 3.60. The molecule has 0 radical (unpaired) electrons. The zero-order chi connectivity index (χ0) is 11.1. The average Bonchev–Trinajstić information content (AvgIpc) is 2.52. The van der Waals surface area contributed by atoms with Gasteiger partial charge in [0.2, 0.25) is 0 Å². The molecule has 0 N–H and O–H groups in total. The Balaban J connectivity index is 2.03. The Kier molecular flexibility index (Phi) is 2.22. The van der Waals surface area contributed by atoms with Crippen molar-refractivity contribution >= 4 is 0 Å². The van der Waals surface area contributed by atoms with E-state index in [9.17, 15) is 5.26 Å². The largest absolute Gasteiger partial charge is 0.302 e. The Morgan fingerprint density at radius 1 is 1.44 bits per heavy atom. The van der Waals surface area contributed by atoms with Gasteiger partial charge in [-0.1, -0.05) is 0 Å². The van der Waals surface area contributed by atoms with E-state index >= 15 is 0 Å². The van der Waals surface area contributed by atoms with Gasteiger partial charge in [0.15, 0.2) is 0 Å². The highest BCUT2D eigenvalue weighted by Gasteiger charge is 2.28. The zero-order valence-corrected chi connectivity index (χ0v) is 9.61. The van der Waals surface area contributed by atoms with E-state index in [0.717, 1.165) is 30.9 Å². The van der Waals surface area contributed by atoms with Crippen molar-refractivity contribution in [2.75, 3.05) is 13.6 Å². The summed E-state index contributed by atoms with van der Waals surface area (Å²) in [5.74, 6) is 0. The van der Waals surface area contributed by atoms with Crippen LogP contribution in [0.1, 0.15) is 42.3 Å². The van der Waals surface area contributed by atoms with Crippen molar-refractivity contribution in [3.63, 3.8) is 0 Å². The van der Waals surface area contributed by atoms with Crippen LogP contribution in [0.4, 0.5) is 0 Å². The van der Waals surface area contributed by atoms with Gasteiger partial charge in [-0.15, -0.1) is 0 Å². The smallest absolute Gasteiger partial charge is 0.143 e. The van der Waals surface area contributed by atoms with Crippen LogP contribution in [0.5, 0.6) is 0 Å². The molecule has 1 aromatic heterocycles. The van der Waals surface area contributed by atoms with E-state index in [0.29, 0.717) is 6.04 Å². The summed E-state index contributed by atoms with van der Waals surface area (Å²) < 4.78 is 1.99. The first kappa shape index (κ1) is 9.86. The van der Waals surface area contributed by atoms with E-state index in [1.54, 1.807) is 0 Å². The predicted molar refractivity (Wildman–Crippen MR) is 59.9 cm³/mol. The van der Waals surface area contributed by atoms with Gasteiger partial charge in [-0.2, -0.15) is 10.4 Å². The first-order chi connectivity index (χ1) is 7.79. The Morgan fingerprint density at radius 2 is 2.25 bits per heavy atom. The number of rotatable bonds is 1. The van der Waals surface area contributed by atoms with Crippen LogP contribution >= 0.6 is 0 Å². The third-order valence-corrected chi connectivity index (χ3v) is 3.78. The fourth-order valence-corrected chi connectivity index (χ4v) is 2.54. The minimum atomic E-state index is 0.491. The molecule has 2 heterocycles. The van der Waals surface area contributed by atoms with Gasteiger partial charge in [-0.25, -0.2) is 0 Å². The number of hydrogen-bond acceptors (Lipinski definition) is 3. The topological polar surface area (TPSA) is 44.9 Å². The molecule has 1 saturated carbocycles. The lowest BCUT2D eigenvalue weighted by Gasteiger charge is -2.26. The molecular weight excluding hydrogens is 200 g/mol. The summed E-state index contributed by atoms with van der Waals surface area (Å²) in [6.07, 6.45) is 4.64. The Morgan fingerprint density at radius 3 is 2.88 bits per heavy atom. The minimum absolute atomic E-state index is 0.491. The number of hydrogen-bond donors (Lipinski definition) is 0. The van der Waals surface area contributed by atoms with Gasteiger partial charge in [-0.05, 0) is 26.3 Å². The molecule has 0 unspecified atom stereocenters. The summed E-state index contributed by atoms with van der Waals surface area (Å²) in [6, 6.07) is 2.84. The van der Waals surface area contributed by atoms with E-state index in [4.69, 9.17) is 0 Å². The van der Waals surface area contributed by atoms with Crippen molar-refractivity contribution in [1.29, 1.82) is 5.26 Å². The molecule has 1 aliphatic heterocycles. The van der Waals surface area contributed by atoms with Crippen molar-refractivity contribution in [3.8, 4) is 6.07 Å². The third-order valence-electron chi connectivity index (χ3n) is 3.78. The molecule has 0 amide bonds. The minimum Gasteiger partial charge on any atom is -0.302 e. The maximum atomic E-state index is 9.29. The second-order valence-electron chi connectivity index (χ2n) is 4.90. The fourth-order valence-electron chi connectivity index (χ4n) is 2.54. The quantitative estimate of drug-likeness (QED) is 0.714. The van der Waals surface area contributed by atoms with Crippen LogP contribution in [0, 0.1) is 11.3 Å². The Bertz CT molecular complexity index is 450. The summed E-state index contributed by atoms with van der Waals surface area (Å²) in [6.45, 7) is 1.94. The molecule has 16 heavy (non-hydrogen) atoms. The number of nitrogens with zero attached hydrogens (tertiary/aromatic N) is 4. The molecule has 3 rings (SSSR count). The molecule has 1 aromatic rings. The van der Waals surface area contributed by atoms with E-state index in [-0.39, 0.29) is 0 Å². The zero-order valence-electron chi connectivity index (χ0n) is 9.61. The summed E-state index contributed by atoms with van der Waals surface area (Å²) in [7, 11) is 2.10. The van der Waals surface area contributed by atoms with Gasteiger partial charge in [0.05, 0.1) is 11.7 Å². The fraction of sp³-hybridized carbons (Fsp3) is 0.667. The van der Waals surface area contributed by atoms with Crippen LogP contribution < -0.4 is 0 Å². The van der Waals surface area contributed by atoms with Crippen molar-refractivity contribution in [2.45, 2.75) is 38.3 Å². The van der Waals surface area contributed by atoms with Crippen molar-refractivity contribution in [3.05, 3.63) is 17.0 Å². The monoisotopic (exact) mass is 216 g/mol. The third kappa shape index (κ3) is 1.35. The SMILES string of the molecule is CN1CCc2nn(C3CCC3)c(C#N)c2C1.